The van der Waals surface area contributed by atoms with Gasteiger partial charge in [-0.1, -0.05) is 20.3 Å². The molecule has 1 saturated carbocycles. The Bertz CT molecular complexity index is 260. The molecule has 18 heavy (non-hydrogen) atoms. The third-order valence-corrected chi connectivity index (χ3v) is 4.90. The van der Waals surface area contributed by atoms with Crippen LogP contribution in [0.4, 0.5) is 0 Å². The largest absolute Gasteiger partial charge is 0.465 e. The van der Waals surface area contributed by atoms with Gasteiger partial charge < -0.3 is 10.1 Å². The minimum Gasteiger partial charge on any atom is -0.465 e. The first kappa shape index (κ1) is 15.8. The Morgan fingerprint density at radius 2 is 2.22 bits per heavy atom. The number of carbonyl (C=O) groups excluding carboxylic acids is 1. The maximum atomic E-state index is 12.1. The van der Waals surface area contributed by atoms with Crippen LogP contribution in [0.1, 0.15) is 52.9 Å². The minimum absolute atomic E-state index is 0.0505. The summed E-state index contributed by atoms with van der Waals surface area (Å²) in [6, 6.07) is 0. The van der Waals surface area contributed by atoms with Crippen LogP contribution in [0.5, 0.6) is 0 Å². The van der Waals surface area contributed by atoms with Crippen LogP contribution in [0.3, 0.4) is 0 Å². The van der Waals surface area contributed by atoms with E-state index >= 15 is 0 Å². The lowest BCUT2D eigenvalue weighted by molar-refractivity contribution is -0.151. The molecule has 0 aromatic heterocycles. The van der Waals surface area contributed by atoms with Gasteiger partial charge in [0, 0.05) is 5.25 Å². The molecule has 0 aromatic carbocycles. The molecule has 1 aliphatic carbocycles. The summed E-state index contributed by atoms with van der Waals surface area (Å²) < 4.78 is 5.24. The molecule has 0 spiro atoms. The standard InChI is InChI=1S/C14H27NO2S/c1-4-7-10-18-12-8-9-14(11-12,15-5-2)13(16)17-6-3/h12,15H,4-11H2,1-3H3. The van der Waals surface area contributed by atoms with E-state index in [2.05, 4.69) is 19.2 Å². The van der Waals surface area contributed by atoms with Gasteiger partial charge in [-0.25, -0.2) is 0 Å². The molecule has 0 heterocycles. The van der Waals surface area contributed by atoms with Crippen molar-refractivity contribution in [1.29, 1.82) is 0 Å². The van der Waals surface area contributed by atoms with Crippen molar-refractivity contribution in [2.24, 2.45) is 0 Å². The third kappa shape index (κ3) is 4.16. The number of carbonyl (C=O) groups is 1. The van der Waals surface area contributed by atoms with Crippen LogP contribution in [0.2, 0.25) is 0 Å². The Balaban J connectivity index is 2.52. The number of rotatable bonds is 8. The molecule has 0 aromatic rings. The SMILES string of the molecule is CCCCSC1CCC(NCC)(C(=O)OCC)C1. The predicted octanol–water partition coefficient (Wildman–Crippen LogP) is 2.98. The molecule has 0 aliphatic heterocycles. The fourth-order valence-electron chi connectivity index (χ4n) is 2.56. The first-order chi connectivity index (χ1) is 8.68. The van der Waals surface area contributed by atoms with Crippen molar-refractivity contribution in [2.75, 3.05) is 18.9 Å². The van der Waals surface area contributed by atoms with Gasteiger partial charge in [-0.15, -0.1) is 0 Å². The first-order valence-electron chi connectivity index (χ1n) is 7.22. The molecule has 1 rings (SSSR count). The van der Waals surface area contributed by atoms with E-state index in [4.69, 9.17) is 4.74 Å². The average Bonchev–Trinajstić information content (AvgIpc) is 2.75. The summed E-state index contributed by atoms with van der Waals surface area (Å²) in [4.78, 5) is 12.1. The molecule has 2 unspecified atom stereocenters. The third-order valence-electron chi connectivity index (χ3n) is 3.50. The van der Waals surface area contributed by atoms with Crippen LogP contribution in [-0.2, 0) is 9.53 Å². The fraction of sp³-hybridized carbons (Fsp3) is 0.929. The van der Waals surface area contributed by atoms with Crippen molar-refractivity contribution in [2.45, 2.75) is 63.7 Å². The first-order valence-corrected chi connectivity index (χ1v) is 8.27. The van der Waals surface area contributed by atoms with E-state index in [1.165, 1.54) is 18.6 Å². The predicted molar refractivity (Wildman–Crippen MR) is 78.0 cm³/mol. The number of ether oxygens (including phenoxy) is 1. The van der Waals surface area contributed by atoms with Crippen LogP contribution in [0.25, 0.3) is 0 Å². The second kappa shape index (κ2) is 8.05. The van der Waals surface area contributed by atoms with E-state index in [1.807, 2.05) is 18.7 Å². The summed E-state index contributed by atoms with van der Waals surface area (Å²) in [5.41, 5.74) is -0.408. The highest BCUT2D eigenvalue weighted by Crippen LogP contribution is 2.38. The van der Waals surface area contributed by atoms with Crippen LogP contribution in [0, 0.1) is 0 Å². The van der Waals surface area contributed by atoms with E-state index in [9.17, 15) is 4.79 Å². The quantitative estimate of drug-likeness (QED) is 0.545. The number of hydrogen-bond acceptors (Lipinski definition) is 4. The highest BCUT2D eigenvalue weighted by molar-refractivity contribution is 7.99. The minimum atomic E-state index is -0.408. The van der Waals surface area contributed by atoms with Crippen molar-refractivity contribution in [3.05, 3.63) is 0 Å². The summed E-state index contributed by atoms with van der Waals surface area (Å²) in [5, 5.41) is 3.99. The Hall–Kier alpha value is -0.220. The topological polar surface area (TPSA) is 38.3 Å². The van der Waals surface area contributed by atoms with Gasteiger partial charge in [0.1, 0.15) is 5.54 Å². The number of esters is 1. The van der Waals surface area contributed by atoms with Gasteiger partial charge in [-0.05, 0) is 44.9 Å². The zero-order valence-corrected chi connectivity index (χ0v) is 12.8. The fourth-order valence-corrected chi connectivity index (χ4v) is 4.04. The van der Waals surface area contributed by atoms with Crippen LogP contribution < -0.4 is 5.32 Å². The Morgan fingerprint density at radius 1 is 1.44 bits per heavy atom. The van der Waals surface area contributed by atoms with Gasteiger partial charge in [-0.3, -0.25) is 4.79 Å². The zero-order chi connectivity index (χ0) is 13.4. The van der Waals surface area contributed by atoms with Gasteiger partial charge in [0.05, 0.1) is 6.61 Å². The van der Waals surface area contributed by atoms with E-state index in [0.29, 0.717) is 11.9 Å². The van der Waals surface area contributed by atoms with Crippen molar-refractivity contribution < 1.29 is 9.53 Å². The van der Waals surface area contributed by atoms with Crippen LogP contribution in [0.15, 0.2) is 0 Å². The normalized spacial score (nSPS) is 27.4. The van der Waals surface area contributed by atoms with E-state index < -0.39 is 5.54 Å². The highest BCUT2D eigenvalue weighted by atomic mass is 32.2. The van der Waals surface area contributed by atoms with Crippen molar-refractivity contribution in [3.8, 4) is 0 Å². The van der Waals surface area contributed by atoms with E-state index in [1.54, 1.807) is 0 Å². The molecule has 0 bridgehead atoms. The van der Waals surface area contributed by atoms with Gasteiger partial charge in [0.15, 0.2) is 0 Å². The number of unbranched alkanes of at least 4 members (excludes halogenated alkanes) is 1. The number of hydrogen-bond donors (Lipinski definition) is 1. The molecule has 4 heteroatoms. The Labute approximate surface area is 115 Å². The second-order valence-electron chi connectivity index (χ2n) is 4.92. The molecular weight excluding hydrogens is 246 g/mol. The molecule has 1 fully saturated rings. The summed E-state index contributed by atoms with van der Waals surface area (Å²) in [6.45, 7) is 7.44. The van der Waals surface area contributed by atoms with Gasteiger partial charge in [-0.2, -0.15) is 11.8 Å². The summed E-state index contributed by atoms with van der Waals surface area (Å²) >= 11 is 2.02. The van der Waals surface area contributed by atoms with Gasteiger partial charge >= 0.3 is 5.97 Å². The molecule has 0 radical (unpaired) electrons. The van der Waals surface area contributed by atoms with Crippen LogP contribution >= 0.6 is 11.8 Å². The molecule has 0 amide bonds. The molecule has 1 N–H and O–H groups in total. The zero-order valence-electron chi connectivity index (χ0n) is 12.0. The maximum absolute atomic E-state index is 12.1. The highest BCUT2D eigenvalue weighted by Gasteiger charge is 2.45. The summed E-state index contributed by atoms with van der Waals surface area (Å²) in [5.74, 6) is 1.16. The number of nitrogens with one attached hydrogen (secondary N) is 1. The molecule has 106 valence electrons. The molecule has 1 aliphatic rings. The lowest BCUT2D eigenvalue weighted by Crippen LogP contribution is -2.51. The lowest BCUT2D eigenvalue weighted by Gasteiger charge is -2.27. The molecule has 3 nitrogen and oxygen atoms in total. The van der Waals surface area contributed by atoms with E-state index in [-0.39, 0.29) is 5.97 Å². The van der Waals surface area contributed by atoms with Gasteiger partial charge in [0.25, 0.3) is 0 Å². The lowest BCUT2D eigenvalue weighted by atomic mass is 9.98. The van der Waals surface area contributed by atoms with E-state index in [0.717, 1.165) is 25.8 Å². The molecular formula is C14H27NO2S. The van der Waals surface area contributed by atoms with Crippen molar-refractivity contribution >= 4 is 17.7 Å². The average molecular weight is 273 g/mol. The van der Waals surface area contributed by atoms with Crippen molar-refractivity contribution in [3.63, 3.8) is 0 Å². The number of thioether (sulfide) groups is 1. The van der Waals surface area contributed by atoms with Gasteiger partial charge in [0.2, 0.25) is 0 Å². The summed E-state index contributed by atoms with van der Waals surface area (Å²) in [7, 11) is 0. The monoisotopic (exact) mass is 273 g/mol. The molecule has 0 saturated heterocycles. The van der Waals surface area contributed by atoms with Crippen LogP contribution in [-0.4, -0.2) is 35.7 Å². The second-order valence-corrected chi connectivity index (χ2v) is 6.33. The summed E-state index contributed by atoms with van der Waals surface area (Å²) in [6.07, 6.45) is 5.49. The number of likely N-dealkylation sites (N-methyl/N-ethyl adjacent to an activating group) is 1. The molecule has 2 atom stereocenters. The Morgan fingerprint density at radius 3 is 2.83 bits per heavy atom. The smallest absolute Gasteiger partial charge is 0.326 e. The maximum Gasteiger partial charge on any atom is 0.326 e. The Kier molecular flexibility index (Phi) is 7.08. The van der Waals surface area contributed by atoms with Crippen molar-refractivity contribution in [1.82, 2.24) is 5.32 Å².